The summed E-state index contributed by atoms with van der Waals surface area (Å²) in [7, 11) is 1.42. The first kappa shape index (κ1) is 16.0. The van der Waals surface area contributed by atoms with Crippen LogP contribution in [0.25, 0.3) is 0 Å². The Kier molecular flexibility index (Phi) is 6.22. The molecule has 0 saturated carbocycles. The zero-order valence-corrected chi connectivity index (χ0v) is 12.2. The van der Waals surface area contributed by atoms with Crippen molar-refractivity contribution in [1.29, 1.82) is 0 Å². The standard InChI is InChI=1S/C15H22FNO4/c1-19-15-5-4-11(7-14(15)16)17-8-12(18)9-20-10-13-3-2-6-21-13/h4-5,7,12-13,17-18H,2-3,6,8-10H2,1H3. The maximum absolute atomic E-state index is 13.5. The number of methoxy groups -OCH3 is 1. The van der Waals surface area contributed by atoms with Crippen molar-refractivity contribution in [1.82, 2.24) is 0 Å². The molecule has 21 heavy (non-hydrogen) atoms. The van der Waals surface area contributed by atoms with Gasteiger partial charge in [0.25, 0.3) is 0 Å². The van der Waals surface area contributed by atoms with Crippen molar-refractivity contribution in [3.05, 3.63) is 24.0 Å². The largest absolute Gasteiger partial charge is 0.494 e. The Morgan fingerprint density at radius 2 is 2.38 bits per heavy atom. The van der Waals surface area contributed by atoms with Gasteiger partial charge < -0.3 is 24.6 Å². The summed E-state index contributed by atoms with van der Waals surface area (Å²) in [6.45, 7) is 1.82. The van der Waals surface area contributed by atoms with Crippen LogP contribution in [-0.2, 0) is 9.47 Å². The predicted molar refractivity (Wildman–Crippen MR) is 77.2 cm³/mol. The van der Waals surface area contributed by atoms with Gasteiger partial charge in [-0.05, 0) is 25.0 Å². The molecule has 2 unspecified atom stereocenters. The first-order valence-corrected chi connectivity index (χ1v) is 7.14. The second-order valence-electron chi connectivity index (χ2n) is 5.06. The van der Waals surface area contributed by atoms with Crippen LogP contribution >= 0.6 is 0 Å². The molecule has 2 atom stereocenters. The number of nitrogens with one attached hydrogen (secondary N) is 1. The molecule has 2 N–H and O–H groups in total. The number of hydrogen-bond acceptors (Lipinski definition) is 5. The van der Waals surface area contributed by atoms with Gasteiger partial charge >= 0.3 is 0 Å². The third-order valence-corrected chi connectivity index (χ3v) is 3.33. The van der Waals surface area contributed by atoms with E-state index in [-0.39, 0.29) is 25.0 Å². The summed E-state index contributed by atoms with van der Waals surface area (Å²) in [5, 5.41) is 12.8. The minimum Gasteiger partial charge on any atom is -0.494 e. The summed E-state index contributed by atoms with van der Waals surface area (Å²) in [6, 6.07) is 4.57. The van der Waals surface area contributed by atoms with Crippen LogP contribution in [0.4, 0.5) is 10.1 Å². The third-order valence-electron chi connectivity index (χ3n) is 3.33. The van der Waals surface area contributed by atoms with Crippen molar-refractivity contribution in [2.75, 3.05) is 38.8 Å². The van der Waals surface area contributed by atoms with Gasteiger partial charge in [-0.25, -0.2) is 4.39 Å². The Morgan fingerprint density at radius 1 is 1.52 bits per heavy atom. The second kappa shape index (κ2) is 8.17. The van der Waals surface area contributed by atoms with E-state index in [0.29, 0.717) is 12.3 Å². The molecule has 5 nitrogen and oxygen atoms in total. The fourth-order valence-corrected chi connectivity index (χ4v) is 2.18. The number of halogens is 1. The lowest BCUT2D eigenvalue weighted by Crippen LogP contribution is -2.27. The van der Waals surface area contributed by atoms with Crippen LogP contribution in [0.15, 0.2) is 18.2 Å². The molecular weight excluding hydrogens is 277 g/mol. The topological polar surface area (TPSA) is 60.0 Å². The summed E-state index contributed by atoms with van der Waals surface area (Å²) < 4.78 is 29.2. The van der Waals surface area contributed by atoms with Gasteiger partial charge in [0.1, 0.15) is 0 Å². The number of aliphatic hydroxyl groups is 1. The van der Waals surface area contributed by atoms with Gasteiger partial charge in [-0.15, -0.1) is 0 Å². The first-order chi connectivity index (χ1) is 10.2. The molecule has 1 saturated heterocycles. The fraction of sp³-hybridized carbons (Fsp3) is 0.600. The zero-order valence-electron chi connectivity index (χ0n) is 12.2. The molecule has 2 rings (SSSR count). The summed E-state index contributed by atoms with van der Waals surface area (Å²) in [6.07, 6.45) is 1.58. The van der Waals surface area contributed by atoms with Crippen molar-refractivity contribution < 1.29 is 23.7 Å². The van der Waals surface area contributed by atoms with Crippen LogP contribution in [-0.4, -0.2) is 50.8 Å². The molecule has 1 aliphatic heterocycles. The summed E-state index contributed by atoms with van der Waals surface area (Å²) >= 11 is 0. The minimum absolute atomic E-state index is 0.154. The molecule has 1 fully saturated rings. The number of hydrogen-bond donors (Lipinski definition) is 2. The predicted octanol–water partition coefficient (Wildman–Crippen LogP) is 1.80. The van der Waals surface area contributed by atoms with Crippen LogP contribution in [0.5, 0.6) is 5.75 Å². The highest BCUT2D eigenvalue weighted by Crippen LogP contribution is 2.20. The van der Waals surface area contributed by atoms with Crippen molar-refractivity contribution in [2.45, 2.75) is 25.0 Å². The van der Waals surface area contributed by atoms with Crippen molar-refractivity contribution >= 4 is 5.69 Å². The molecule has 0 spiro atoms. The molecular formula is C15H22FNO4. The van der Waals surface area contributed by atoms with E-state index in [9.17, 15) is 9.50 Å². The van der Waals surface area contributed by atoms with Gasteiger partial charge in [0.05, 0.1) is 32.5 Å². The molecule has 1 aromatic carbocycles. The monoisotopic (exact) mass is 299 g/mol. The number of rotatable bonds is 8. The number of anilines is 1. The average Bonchev–Trinajstić information content (AvgIpc) is 2.98. The minimum atomic E-state index is -0.656. The first-order valence-electron chi connectivity index (χ1n) is 7.14. The van der Waals surface area contributed by atoms with Gasteiger partial charge in [0.15, 0.2) is 11.6 Å². The number of benzene rings is 1. The van der Waals surface area contributed by atoms with Crippen LogP contribution < -0.4 is 10.1 Å². The van der Waals surface area contributed by atoms with E-state index in [0.717, 1.165) is 19.4 Å². The molecule has 0 aliphatic carbocycles. The smallest absolute Gasteiger partial charge is 0.167 e. The fourth-order valence-electron chi connectivity index (χ4n) is 2.18. The Labute approximate surface area is 124 Å². The third kappa shape index (κ3) is 5.15. The van der Waals surface area contributed by atoms with Gasteiger partial charge in [-0.2, -0.15) is 0 Å². The number of aliphatic hydroxyl groups excluding tert-OH is 1. The second-order valence-corrected chi connectivity index (χ2v) is 5.06. The Balaban J connectivity index is 1.65. The molecule has 1 aliphatic rings. The lowest BCUT2D eigenvalue weighted by Gasteiger charge is -2.15. The van der Waals surface area contributed by atoms with Crippen molar-refractivity contribution in [2.24, 2.45) is 0 Å². The maximum Gasteiger partial charge on any atom is 0.167 e. The van der Waals surface area contributed by atoms with E-state index in [4.69, 9.17) is 14.2 Å². The van der Waals surface area contributed by atoms with E-state index in [1.807, 2.05) is 0 Å². The summed E-state index contributed by atoms with van der Waals surface area (Å²) in [5.74, 6) is -0.243. The van der Waals surface area contributed by atoms with Gasteiger partial charge in [0.2, 0.25) is 0 Å². The Hall–Kier alpha value is -1.37. The SMILES string of the molecule is COc1ccc(NCC(O)COCC2CCCO2)cc1F. The molecule has 0 radical (unpaired) electrons. The molecule has 0 amide bonds. The molecule has 1 heterocycles. The lowest BCUT2D eigenvalue weighted by atomic mass is 10.2. The van der Waals surface area contributed by atoms with E-state index in [1.54, 1.807) is 6.07 Å². The molecule has 6 heteroatoms. The average molecular weight is 299 g/mol. The van der Waals surface area contributed by atoms with Crippen LogP contribution in [0, 0.1) is 5.82 Å². The van der Waals surface area contributed by atoms with Crippen molar-refractivity contribution in [3.8, 4) is 5.75 Å². The van der Waals surface area contributed by atoms with Gasteiger partial charge in [-0.1, -0.05) is 0 Å². The highest BCUT2D eigenvalue weighted by molar-refractivity contribution is 5.47. The Bertz CT molecular complexity index is 438. The lowest BCUT2D eigenvalue weighted by molar-refractivity contribution is -0.0137. The van der Waals surface area contributed by atoms with Crippen LogP contribution in [0.3, 0.4) is 0 Å². The summed E-state index contributed by atoms with van der Waals surface area (Å²) in [5.41, 5.74) is 0.589. The van der Waals surface area contributed by atoms with Gasteiger partial charge in [-0.3, -0.25) is 0 Å². The quantitative estimate of drug-likeness (QED) is 0.766. The highest BCUT2D eigenvalue weighted by atomic mass is 19.1. The van der Waals surface area contributed by atoms with E-state index >= 15 is 0 Å². The van der Waals surface area contributed by atoms with E-state index in [1.165, 1.54) is 19.2 Å². The molecule has 1 aromatic rings. The van der Waals surface area contributed by atoms with Crippen molar-refractivity contribution in [3.63, 3.8) is 0 Å². The maximum atomic E-state index is 13.5. The normalized spacial score (nSPS) is 19.5. The Morgan fingerprint density at radius 3 is 3.05 bits per heavy atom. The molecule has 0 aromatic heterocycles. The number of ether oxygens (including phenoxy) is 3. The zero-order chi connectivity index (χ0) is 15.1. The van der Waals surface area contributed by atoms with Crippen LogP contribution in [0.1, 0.15) is 12.8 Å². The molecule has 0 bridgehead atoms. The van der Waals surface area contributed by atoms with Gasteiger partial charge in [0, 0.05) is 24.9 Å². The molecule has 118 valence electrons. The van der Waals surface area contributed by atoms with E-state index < -0.39 is 11.9 Å². The summed E-state index contributed by atoms with van der Waals surface area (Å²) in [4.78, 5) is 0. The highest BCUT2D eigenvalue weighted by Gasteiger charge is 2.16. The van der Waals surface area contributed by atoms with Crippen LogP contribution in [0.2, 0.25) is 0 Å². The van der Waals surface area contributed by atoms with E-state index in [2.05, 4.69) is 5.32 Å².